The monoisotopic (exact) mass is 311 g/mol. The molecule has 0 saturated heterocycles. The molecule has 0 saturated carbocycles. The van der Waals surface area contributed by atoms with Crippen LogP contribution >= 0.6 is 0 Å². The van der Waals surface area contributed by atoms with Crippen LogP contribution in [0.2, 0.25) is 0 Å². The molecule has 1 atom stereocenters. The lowest BCUT2D eigenvalue weighted by Gasteiger charge is -2.20. The average Bonchev–Trinajstić information content (AvgIpc) is 3.01. The Morgan fingerprint density at radius 2 is 1.96 bits per heavy atom. The van der Waals surface area contributed by atoms with Crippen molar-refractivity contribution in [2.45, 2.75) is 32.3 Å². The van der Waals surface area contributed by atoms with Gasteiger partial charge in [-0.15, -0.1) is 10.2 Å². The van der Waals surface area contributed by atoms with Crippen LogP contribution in [0.1, 0.15) is 38.0 Å². The quantitative estimate of drug-likeness (QED) is 0.774. The van der Waals surface area contributed by atoms with Crippen molar-refractivity contribution in [1.82, 2.24) is 19.6 Å². The van der Waals surface area contributed by atoms with Crippen molar-refractivity contribution < 1.29 is 5.11 Å². The molecule has 2 aromatic heterocycles. The topological polar surface area (TPSA) is 75.3 Å². The van der Waals surface area contributed by atoms with Crippen LogP contribution in [-0.4, -0.2) is 31.2 Å². The van der Waals surface area contributed by atoms with Gasteiger partial charge in [0.1, 0.15) is 6.33 Å². The molecule has 2 heterocycles. The summed E-state index contributed by atoms with van der Waals surface area (Å²) in [5.41, 5.74) is 2.87. The van der Waals surface area contributed by atoms with E-state index in [2.05, 4.69) is 53.4 Å². The van der Waals surface area contributed by atoms with E-state index in [1.54, 1.807) is 23.1 Å². The number of hydrogen-bond acceptors (Lipinski definition) is 5. The molecule has 0 aliphatic carbocycles. The summed E-state index contributed by atoms with van der Waals surface area (Å²) in [7, 11) is 0. The van der Waals surface area contributed by atoms with E-state index >= 15 is 0 Å². The molecule has 0 bridgehead atoms. The summed E-state index contributed by atoms with van der Waals surface area (Å²) >= 11 is 0. The second kappa shape index (κ2) is 5.96. The zero-order valence-electron chi connectivity index (χ0n) is 13.6. The number of benzene rings is 1. The molecule has 3 aromatic rings. The fraction of sp³-hybridized carbons (Fsp3) is 0.353. The van der Waals surface area contributed by atoms with Crippen molar-refractivity contribution in [2.24, 2.45) is 0 Å². The first-order chi connectivity index (χ1) is 10.9. The van der Waals surface area contributed by atoms with Crippen LogP contribution in [0.15, 0.2) is 43.0 Å². The summed E-state index contributed by atoms with van der Waals surface area (Å²) in [6, 6.07) is 8.07. The minimum Gasteiger partial charge on any atom is -0.387 e. The number of aliphatic hydroxyl groups excluding tert-OH is 1. The number of aliphatic hydroxyl groups is 1. The maximum Gasteiger partial charge on any atom is 0.203 e. The second-order valence-corrected chi connectivity index (χ2v) is 6.61. The Hall–Kier alpha value is -2.47. The van der Waals surface area contributed by atoms with Gasteiger partial charge < -0.3 is 10.4 Å². The third-order valence-electron chi connectivity index (χ3n) is 3.84. The number of fused-ring (bicyclic) bond motifs is 1. The molecule has 0 unspecified atom stereocenters. The van der Waals surface area contributed by atoms with Gasteiger partial charge in [0.15, 0.2) is 5.82 Å². The van der Waals surface area contributed by atoms with Gasteiger partial charge in [-0.2, -0.15) is 0 Å². The smallest absolute Gasteiger partial charge is 0.203 e. The lowest BCUT2D eigenvalue weighted by atomic mass is 9.86. The number of anilines is 1. The largest absolute Gasteiger partial charge is 0.387 e. The lowest BCUT2D eigenvalue weighted by molar-refractivity contribution is 0.191. The third-order valence-corrected chi connectivity index (χ3v) is 3.84. The van der Waals surface area contributed by atoms with Gasteiger partial charge in [0.2, 0.25) is 5.65 Å². The van der Waals surface area contributed by atoms with Crippen LogP contribution in [0.4, 0.5) is 5.82 Å². The number of nitrogens with zero attached hydrogens (tertiary/aromatic N) is 4. The molecule has 0 radical (unpaired) electrons. The van der Waals surface area contributed by atoms with Crippen molar-refractivity contribution in [1.29, 1.82) is 0 Å². The number of nitrogens with one attached hydrogen (secondary N) is 1. The van der Waals surface area contributed by atoms with Gasteiger partial charge >= 0.3 is 0 Å². The number of hydrogen-bond donors (Lipinski definition) is 2. The van der Waals surface area contributed by atoms with Crippen LogP contribution in [0.25, 0.3) is 5.65 Å². The van der Waals surface area contributed by atoms with Gasteiger partial charge in [-0.05, 0) is 16.5 Å². The fourth-order valence-electron chi connectivity index (χ4n) is 2.40. The Labute approximate surface area is 135 Å². The molecule has 0 spiro atoms. The third kappa shape index (κ3) is 3.32. The molecule has 23 heavy (non-hydrogen) atoms. The zero-order valence-corrected chi connectivity index (χ0v) is 13.6. The Kier molecular flexibility index (Phi) is 4.00. The minimum absolute atomic E-state index is 0.106. The van der Waals surface area contributed by atoms with E-state index in [1.165, 1.54) is 5.56 Å². The summed E-state index contributed by atoms with van der Waals surface area (Å²) in [4.78, 5) is 4.25. The van der Waals surface area contributed by atoms with E-state index in [1.807, 2.05) is 12.1 Å². The molecule has 6 heteroatoms. The standard InChI is InChI=1S/C17H21N5O/c1-17(2,3)13-6-4-12(5-7-13)14(23)10-19-15-16-21-20-11-22(16)9-8-18-15/h4-9,11,14,23H,10H2,1-3H3,(H,18,19)/t14-/m0/s1. The Morgan fingerprint density at radius 1 is 1.22 bits per heavy atom. The van der Waals surface area contributed by atoms with Crippen LogP contribution in [0.5, 0.6) is 0 Å². The maximum absolute atomic E-state index is 10.4. The highest BCUT2D eigenvalue weighted by atomic mass is 16.3. The van der Waals surface area contributed by atoms with E-state index in [0.29, 0.717) is 18.0 Å². The Morgan fingerprint density at radius 3 is 2.65 bits per heavy atom. The minimum atomic E-state index is -0.617. The summed E-state index contributed by atoms with van der Waals surface area (Å²) in [5.74, 6) is 0.607. The first-order valence-corrected chi connectivity index (χ1v) is 7.62. The van der Waals surface area contributed by atoms with Crippen molar-refractivity contribution in [3.63, 3.8) is 0 Å². The van der Waals surface area contributed by atoms with E-state index in [0.717, 1.165) is 5.56 Å². The van der Waals surface area contributed by atoms with Crippen LogP contribution in [0, 0.1) is 0 Å². The zero-order chi connectivity index (χ0) is 16.4. The SMILES string of the molecule is CC(C)(C)c1ccc([C@@H](O)CNc2nccn3cnnc23)cc1. The molecule has 6 nitrogen and oxygen atoms in total. The van der Waals surface area contributed by atoms with Crippen LogP contribution < -0.4 is 5.32 Å². The van der Waals surface area contributed by atoms with Crippen LogP contribution in [0.3, 0.4) is 0 Å². The van der Waals surface area contributed by atoms with Crippen LogP contribution in [-0.2, 0) is 5.41 Å². The highest BCUT2D eigenvalue weighted by molar-refractivity contribution is 5.61. The molecule has 120 valence electrons. The number of rotatable bonds is 4. The normalized spacial score (nSPS) is 13.2. The van der Waals surface area contributed by atoms with Crippen molar-refractivity contribution in [3.05, 3.63) is 54.1 Å². The summed E-state index contributed by atoms with van der Waals surface area (Å²) in [6.45, 7) is 6.87. The average molecular weight is 311 g/mol. The molecule has 2 N–H and O–H groups in total. The van der Waals surface area contributed by atoms with Gasteiger partial charge in [0, 0.05) is 18.9 Å². The molecule has 3 rings (SSSR count). The summed E-state index contributed by atoms with van der Waals surface area (Å²) in [6.07, 6.45) is 4.45. The molecule has 1 aromatic carbocycles. The van der Waals surface area contributed by atoms with E-state index in [9.17, 15) is 5.11 Å². The van der Waals surface area contributed by atoms with Gasteiger partial charge in [0.05, 0.1) is 6.10 Å². The van der Waals surface area contributed by atoms with Gasteiger partial charge in [-0.3, -0.25) is 4.40 Å². The first kappa shape index (κ1) is 15.4. The second-order valence-electron chi connectivity index (χ2n) is 6.61. The van der Waals surface area contributed by atoms with E-state index in [4.69, 9.17) is 0 Å². The van der Waals surface area contributed by atoms with E-state index < -0.39 is 6.10 Å². The molecule has 0 aliphatic heterocycles. The Bertz CT molecular complexity index is 789. The highest BCUT2D eigenvalue weighted by Crippen LogP contribution is 2.24. The first-order valence-electron chi connectivity index (χ1n) is 7.62. The predicted molar refractivity (Wildman–Crippen MR) is 89.4 cm³/mol. The fourth-order valence-corrected chi connectivity index (χ4v) is 2.40. The molecule has 0 fully saturated rings. The van der Waals surface area contributed by atoms with Crippen molar-refractivity contribution in [2.75, 3.05) is 11.9 Å². The summed E-state index contributed by atoms with van der Waals surface area (Å²) in [5, 5.41) is 21.4. The van der Waals surface area contributed by atoms with Crippen molar-refractivity contribution in [3.8, 4) is 0 Å². The van der Waals surface area contributed by atoms with E-state index in [-0.39, 0.29) is 5.41 Å². The summed E-state index contributed by atoms with van der Waals surface area (Å²) < 4.78 is 1.78. The molecule has 0 amide bonds. The molecular formula is C17H21N5O. The van der Waals surface area contributed by atoms with Gasteiger partial charge in [0.25, 0.3) is 0 Å². The molecular weight excluding hydrogens is 290 g/mol. The Balaban J connectivity index is 1.70. The maximum atomic E-state index is 10.4. The highest BCUT2D eigenvalue weighted by Gasteiger charge is 2.15. The predicted octanol–water partition coefficient (Wildman–Crippen LogP) is 2.57. The number of aromatic nitrogens is 4. The van der Waals surface area contributed by atoms with Gasteiger partial charge in [-0.1, -0.05) is 45.0 Å². The molecule has 0 aliphatic rings. The van der Waals surface area contributed by atoms with Gasteiger partial charge in [-0.25, -0.2) is 4.98 Å². The van der Waals surface area contributed by atoms with Crippen molar-refractivity contribution >= 4 is 11.5 Å². The lowest BCUT2D eigenvalue weighted by Crippen LogP contribution is -2.15.